The SMILES string of the molecule is CC(C)(CS(C)(=O)=O)Nc1nncs1. The van der Waals surface area contributed by atoms with E-state index in [0.717, 1.165) is 0 Å². The summed E-state index contributed by atoms with van der Waals surface area (Å²) in [6.45, 7) is 3.63. The Balaban J connectivity index is 2.67. The van der Waals surface area contributed by atoms with Crippen LogP contribution in [-0.2, 0) is 9.84 Å². The second-order valence-corrected chi connectivity index (χ2v) is 6.80. The summed E-state index contributed by atoms with van der Waals surface area (Å²) in [5.41, 5.74) is 1.08. The number of anilines is 1. The van der Waals surface area contributed by atoms with Crippen molar-refractivity contribution < 1.29 is 8.42 Å². The number of nitrogens with zero attached hydrogens (tertiary/aromatic N) is 2. The lowest BCUT2D eigenvalue weighted by molar-refractivity contribution is 0.571. The van der Waals surface area contributed by atoms with Gasteiger partial charge in [-0.25, -0.2) is 8.42 Å². The van der Waals surface area contributed by atoms with Crippen molar-refractivity contribution in [2.45, 2.75) is 19.4 Å². The summed E-state index contributed by atoms with van der Waals surface area (Å²) in [6.07, 6.45) is 1.22. The van der Waals surface area contributed by atoms with E-state index in [0.29, 0.717) is 5.13 Å². The summed E-state index contributed by atoms with van der Waals surface area (Å²) in [4.78, 5) is 0. The van der Waals surface area contributed by atoms with E-state index >= 15 is 0 Å². The van der Waals surface area contributed by atoms with Gasteiger partial charge in [0.25, 0.3) is 0 Å². The van der Waals surface area contributed by atoms with E-state index in [2.05, 4.69) is 15.5 Å². The molecule has 0 saturated heterocycles. The summed E-state index contributed by atoms with van der Waals surface area (Å²) < 4.78 is 22.2. The number of nitrogens with one attached hydrogen (secondary N) is 1. The van der Waals surface area contributed by atoms with Gasteiger partial charge >= 0.3 is 0 Å². The van der Waals surface area contributed by atoms with Crippen molar-refractivity contribution in [1.29, 1.82) is 0 Å². The summed E-state index contributed by atoms with van der Waals surface area (Å²) in [5, 5.41) is 11.1. The standard InChI is InChI=1S/C7H13N3O2S2/c1-7(2,4-14(3,11)12)9-6-10-8-5-13-6/h5H,4H2,1-3H3,(H,9,10). The lowest BCUT2D eigenvalue weighted by Gasteiger charge is -2.24. The Hall–Kier alpha value is -0.690. The molecule has 1 aromatic rings. The quantitative estimate of drug-likeness (QED) is 0.834. The third-order valence-corrected chi connectivity index (χ3v) is 3.28. The van der Waals surface area contributed by atoms with Gasteiger partial charge in [0.15, 0.2) is 0 Å². The minimum absolute atomic E-state index is 0.0690. The highest BCUT2D eigenvalue weighted by atomic mass is 32.2. The van der Waals surface area contributed by atoms with Crippen LogP contribution in [0.3, 0.4) is 0 Å². The summed E-state index contributed by atoms with van der Waals surface area (Å²) in [5.74, 6) is 0.0690. The molecule has 0 spiro atoms. The molecular formula is C7H13N3O2S2. The number of rotatable bonds is 4. The summed E-state index contributed by atoms with van der Waals surface area (Å²) in [7, 11) is -2.99. The first-order valence-electron chi connectivity index (χ1n) is 4.01. The molecule has 0 aliphatic rings. The summed E-state index contributed by atoms with van der Waals surface area (Å²) >= 11 is 1.35. The fourth-order valence-electron chi connectivity index (χ4n) is 1.21. The predicted octanol–water partition coefficient (Wildman–Crippen LogP) is 0.773. The Labute approximate surface area is 87.5 Å². The normalized spacial score (nSPS) is 12.8. The molecule has 0 amide bonds. The van der Waals surface area contributed by atoms with Gasteiger partial charge in [0.1, 0.15) is 15.3 Å². The van der Waals surface area contributed by atoms with Crippen LogP contribution in [0.1, 0.15) is 13.8 Å². The molecule has 0 bridgehead atoms. The Morgan fingerprint density at radius 2 is 2.21 bits per heavy atom. The topological polar surface area (TPSA) is 72.0 Å². The van der Waals surface area contributed by atoms with E-state index < -0.39 is 15.4 Å². The number of hydrogen-bond acceptors (Lipinski definition) is 6. The zero-order valence-electron chi connectivity index (χ0n) is 8.31. The van der Waals surface area contributed by atoms with Crippen molar-refractivity contribution in [3.63, 3.8) is 0 Å². The van der Waals surface area contributed by atoms with Crippen LogP contribution in [-0.4, -0.2) is 36.2 Å². The van der Waals surface area contributed by atoms with E-state index in [1.807, 2.05) is 13.8 Å². The van der Waals surface area contributed by atoms with Crippen LogP contribution in [0.2, 0.25) is 0 Å². The highest BCUT2D eigenvalue weighted by molar-refractivity contribution is 7.90. The Kier molecular flexibility index (Phi) is 3.10. The second-order valence-electron chi connectivity index (χ2n) is 3.82. The minimum atomic E-state index is -2.99. The van der Waals surface area contributed by atoms with Gasteiger partial charge in [-0.2, -0.15) is 0 Å². The maximum atomic E-state index is 11.1. The van der Waals surface area contributed by atoms with Crippen molar-refractivity contribution in [2.24, 2.45) is 0 Å². The third-order valence-electron chi connectivity index (χ3n) is 1.43. The number of sulfone groups is 1. The lowest BCUT2D eigenvalue weighted by atomic mass is 10.1. The first kappa shape index (κ1) is 11.4. The molecule has 7 heteroatoms. The monoisotopic (exact) mass is 235 g/mol. The van der Waals surface area contributed by atoms with Crippen molar-refractivity contribution in [2.75, 3.05) is 17.3 Å². The van der Waals surface area contributed by atoms with Gasteiger partial charge in [-0.3, -0.25) is 0 Å². The average Bonchev–Trinajstić information content (AvgIpc) is 2.31. The van der Waals surface area contributed by atoms with Gasteiger partial charge in [0, 0.05) is 11.8 Å². The third kappa shape index (κ3) is 4.01. The zero-order valence-corrected chi connectivity index (χ0v) is 9.94. The van der Waals surface area contributed by atoms with E-state index in [-0.39, 0.29) is 5.75 Å². The second kappa shape index (κ2) is 3.82. The van der Waals surface area contributed by atoms with E-state index in [1.54, 1.807) is 5.51 Å². The molecule has 1 heterocycles. The molecule has 1 aromatic heterocycles. The molecule has 0 unspecified atom stereocenters. The molecule has 5 nitrogen and oxygen atoms in total. The first-order chi connectivity index (χ1) is 6.29. The fourth-order valence-corrected chi connectivity index (χ4v) is 3.22. The van der Waals surface area contributed by atoms with Crippen LogP contribution in [0, 0.1) is 0 Å². The van der Waals surface area contributed by atoms with Gasteiger partial charge in [0.2, 0.25) is 5.13 Å². The fraction of sp³-hybridized carbons (Fsp3) is 0.714. The molecule has 1 N–H and O–H groups in total. The van der Waals surface area contributed by atoms with Gasteiger partial charge in [-0.05, 0) is 13.8 Å². The molecule has 80 valence electrons. The van der Waals surface area contributed by atoms with Crippen molar-refractivity contribution in [1.82, 2.24) is 10.2 Å². The smallest absolute Gasteiger partial charge is 0.205 e. The molecule has 0 radical (unpaired) electrons. The van der Waals surface area contributed by atoms with Crippen LogP contribution in [0.25, 0.3) is 0 Å². The van der Waals surface area contributed by atoms with Gasteiger partial charge < -0.3 is 5.32 Å². The van der Waals surface area contributed by atoms with Crippen LogP contribution >= 0.6 is 11.3 Å². The molecule has 1 rings (SSSR count). The number of hydrogen-bond donors (Lipinski definition) is 1. The number of aromatic nitrogens is 2. The molecular weight excluding hydrogens is 222 g/mol. The van der Waals surface area contributed by atoms with E-state index in [1.165, 1.54) is 17.6 Å². The highest BCUT2D eigenvalue weighted by Gasteiger charge is 2.24. The molecule has 0 saturated carbocycles. The van der Waals surface area contributed by atoms with Crippen molar-refractivity contribution in [3.8, 4) is 0 Å². The van der Waals surface area contributed by atoms with Gasteiger partial charge in [-0.15, -0.1) is 10.2 Å². The Morgan fingerprint density at radius 1 is 1.57 bits per heavy atom. The van der Waals surface area contributed by atoms with Gasteiger partial charge in [0.05, 0.1) is 5.75 Å². The van der Waals surface area contributed by atoms with E-state index in [9.17, 15) is 8.42 Å². The van der Waals surface area contributed by atoms with Crippen LogP contribution in [0.15, 0.2) is 5.51 Å². The van der Waals surface area contributed by atoms with Crippen LogP contribution in [0.4, 0.5) is 5.13 Å². The first-order valence-corrected chi connectivity index (χ1v) is 6.95. The minimum Gasteiger partial charge on any atom is -0.354 e. The Bertz CT molecular complexity index is 383. The maximum absolute atomic E-state index is 11.1. The largest absolute Gasteiger partial charge is 0.354 e. The van der Waals surface area contributed by atoms with Crippen LogP contribution in [0.5, 0.6) is 0 Å². The highest BCUT2D eigenvalue weighted by Crippen LogP contribution is 2.17. The van der Waals surface area contributed by atoms with Crippen molar-refractivity contribution >= 4 is 26.3 Å². The summed E-state index contributed by atoms with van der Waals surface area (Å²) in [6, 6.07) is 0. The molecule has 0 aliphatic carbocycles. The molecule has 0 aliphatic heterocycles. The molecule has 14 heavy (non-hydrogen) atoms. The van der Waals surface area contributed by atoms with E-state index in [4.69, 9.17) is 0 Å². The molecule has 0 aromatic carbocycles. The molecule has 0 fully saturated rings. The lowest BCUT2D eigenvalue weighted by Crippen LogP contribution is -2.38. The van der Waals surface area contributed by atoms with Crippen molar-refractivity contribution in [3.05, 3.63) is 5.51 Å². The zero-order chi connectivity index (χ0) is 10.8. The molecule has 0 atom stereocenters. The Morgan fingerprint density at radius 3 is 2.64 bits per heavy atom. The van der Waals surface area contributed by atoms with Crippen LogP contribution < -0.4 is 5.32 Å². The predicted molar refractivity (Wildman–Crippen MR) is 57.3 cm³/mol. The van der Waals surface area contributed by atoms with Gasteiger partial charge in [-0.1, -0.05) is 11.3 Å². The average molecular weight is 235 g/mol. The maximum Gasteiger partial charge on any atom is 0.205 e.